The van der Waals surface area contributed by atoms with Gasteiger partial charge >= 0.3 is 0 Å². The summed E-state index contributed by atoms with van der Waals surface area (Å²) < 4.78 is 5.80. The standard InChI is InChI=1S/C20H31NO2/c1-3-5-9-16(4-2)14-21-20(22)15-23-19-13-8-11-17-10-6-7-12-18(17)19/h8,11,13,16H,3-7,9-10,12,14-15H2,1-2H3,(H,21,22)/t16-/m0/s1. The predicted octanol–water partition coefficient (Wildman–Crippen LogP) is 4.28. The van der Waals surface area contributed by atoms with Gasteiger partial charge in [-0.2, -0.15) is 0 Å². The highest BCUT2D eigenvalue weighted by Gasteiger charge is 2.15. The third kappa shape index (κ3) is 5.56. The van der Waals surface area contributed by atoms with E-state index in [9.17, 15) is 4.79 Å². The summed E-state index contributed by atoms with van der Waals surface area (Å²) >= 11 is 0. The summed E-state index contributed by atoms with van der Waals surface area (Å²) in [4.78, 5) is 12.0. The fraction of sp³-hybridized carbons (Fsp3) is 0.650. The fourth-order valence-electron chi connectivity index (χ4n) is 3.28. The van der Waals surface area contributed by atoms with Gasteiger partial charge in [-0.3, -0.25) is 4.79 Å². The van der Waals surface area contributed by atoms with Crippen LogP contribution in [0.15, 0.2) is 18.2 Å². The number of ether oxygens (including phenoxy) is 1. The molecule has 3 heteroatoms. The van der Waals surface area contributed by atoms with Crippen molar-refractivity contribution >= 4 is 5.91 Å². The van der Waals surface area contributed by atoms with Crippen LogP contribution in [-0.2, 0) is 17.6 Å². The van der Waals surface area contributed by atoms with Crippen LogP contribution in [0.5, 0.6) is 5.75 Å². The zero-order valence-corrected chi connectivity index (χ0v) is 14.7. The molecule has 0 saturated heterocycles. The van der Waals surface area contributed by atoms with Gasteiger partial charge in [0.15, 0.2) is 6.61 Å². The van der Waals surface area contributed by atoms with Gasteiger partial charge in [-0.1, -0.05) is 45.2 Å². The lowest BCUT2D eigenvalue weighted by molar-refractivity contribution is -0.123. The predicted molar refractivity (Wildman–Crippen MR) is 94.9 cm³/mol. The molecule has 0 aromatic heterocycles. The van der Waals surface area contributed by atoms with Crippen LogP contribution in [0.25, 0.3) is 0 Å². The molecule has 1 aromatic carbocycles. The van der Waals surface area contributed by atoms with Gasteiger partial charge in [0.05, 0.1) is 0 Å². The monoisotopic (exact) mass is 317 g/mol. The number of carbonyl (C=O) groups excluding carboxylic acids is 1. The quantitative estimate of drug-likeness (QED) is 0.738. The molecule has 1 aromatic rings. The lowest BCUT2D eigenvalue weighted by Gasteiger charge is -2.19. The van der Waals surface area contributed by atoms with Crippen LogP contribution in [0.2, 0.25) is 0 Å². The molecule has 128 valence electrons. The number of aryl methyl sites for hydroxylation is 1. The van der Waals surface area contributed by atoms with Crippen molar-refractivity contribution in [3.63, 3.8) is 0 Å². The number of fused-ring (bicyclic) bond motifs is 1. The minimum Gasteiger partial charge on any atom is -0.483 e. The van der Waals surface area contributed by atoms with Gasteiger partial charge in [-0.05, 0) is 55.2 Å². The summed E-state index contributed by atoms with van der Waals surface area (Å²) in [6.45, 7) is 5.30. The minimum atomic E-state index is -0.00615. The van der Waals surface area contributed by atoms with Crippen LogP contribution >= 0.6 is 0 Å². The van der Waals surface area contributed by atoms with Crippen LogP contribution in [0.1, 0.15) is 63.5 Å². The highest BCUT2D eigenvalue weighted by atomic mass is 16.5. The molecule has 23 heavy (non-hydrogen) atoms. The Morgan fingerprint density at radius 3 is 2.87 bits per heavy atom. The van der Waals surface area contributed by atoms with Gasteiger partial charge in [-0.15, -0.1) is 0 Å². The van der Waals surface area contributed by atoms with Crippen LogP contribution in [0.3, 0.4) is 0 Å². The Kier molecular flexibility index (Phi) is 7.44. The van der Waals surface area contributed by atoms with Crippen molar-refractivity contribution in [1.29, 1.82) is 0 Å². The van der Waals surface area contributed by atoms with Crippen molar-refractivity contribution < 1.29 is 9.53 Å². The molecule has 0 aliphatic heterocycles. The topological polar surface area (TPSA) is 38.3 Å². The number of benzene rings is 1. The van der Waals surface area contributed by atoms with E-state index in [4.69, 9.17) is 4.74 Å². The maximum Gasteiger partial charge on any atom is 0.257 e. The number of hydrogen-bond acceptors (Lipinski definition) is 2. The molecule has 0 radical (unpaired) electrons. The molecule has 1 aliphatic rings. The van der Waals surface area contributed by atoms with Gasteiger partial charge in [-0.25, -0.2) is 0 Å². The first-order valence-corrected chi connectivity index (χ1v) is 9.24. The Hall–Kier alpha value is -1.51. The van der Waals surface area contributed by atoms with Gasteiger partial charge in [0, 0.05) is 6.54 Å². The Balaban J connectivity index is 1.78. The first-order valence-electron chi connectivity index (χ1n) is 9.24. The Bertz CT molecular complexity index is 498. The molecule has 0 heterocycles. The Morgan fingerprint density at radius 2 is 2.09 bits per heavy atom. The van der Waals surface area contributed by atoms with Gasteiger partial charge in [0.1, 0.15) is 5.75 Å². The number of amides is 1. The summed E-state index contributed by atoms with van der Waals surface area (Å²) in [6.07, 6.45) is 9.44. The third-order valence-electron chi connectivity index (χ3n) is 4.84. The fourth-order valence-corrected chi connectivity index (χ4v) is 3.28. The first-order chi connectivity index (χ1) is 11.2. The molecule has 0 unspecified atom stereocenters. The van der Waals surface area contributed by atoms with Gasteiger partial charge in [0.25, 0.3) is 5.91 Å². The third-order valence-corrected chi connectivity index (χ3v) is 4.84. The maximum absolute atomic E-state index is 12.0. The molecule has 0 bridgehead atoms. The van der Waals surface area contributed by atoms with Crippen molar-refractivity contribution in [2.75, 3.05) is 13.2 Å². The van der Waals surface area contributed by atoms with E-state index in [1.165, 1.54) is 43.2 Å². The Labute approximate surface area is 140 Å². The molecular weight excluding hydrogens is 286 g/mol. The molecule has 0 saturated carbocycles. The molecule has 1 amide bonds. The number of carbonyl (C=O) groups is 1. The summed E-state index contributed by atoms with van der Waals surface area (Å²) in [5.74, 6) is 1.48. The van der Waals surface area contributed by atoms with Crippen molar-refractivity contribution in [3.8, 4) is 5.75 Å². The molecule has 0 fully saturated rings. The second-order valence-corrected chi connectivity index (χ2v) is 6.61. The number of rotatable bonds is 9. The molecule has 0 spiro atoms. The van der Waals surface area contributed by atoms with E-state index in [2.05, 4.69) is 25.2 Å². The SMILES string of the molecule is CCCC[C@H](CC)CNC(=O)COc1cccc2c1CCCC2. The summed E-state index contributed by atoms with van der Waals surface area (Å²) in [5, 5.41) is 3.03. The number of unbranched alkanes of at least 4 members (excludes halogenated alkanes) is 1. The molecule has 2 rings (SSSR count). The zero-order chi connectivity index (χ0) is 16.5. The average molecular weight is 317 g/mol. The Morgan fingerprint density at radius 1 is 1.26 bits per heavy atom. The van der Waals surface area contributed by atoms with E-state index < -0.39 is 0 Å². The molecular formula is C20H31NO2. The average Bonchev–Trinajstić information content (AvgIpc) is 2.60. The highest BCUT2D eigenvalue weighted by Crippen LogP contribution is 2.29. The zero-order valence-electron chi connectivity index (χ0n) is 14.7. The minimum absolute atomic E-state index is 0.00615. The van der Waals surface area contributed by atoms with E-state index in [1.807, 2.05) is 12.1 Å². The largest absolute Gasteiger partial charge is 0.483 e. The van der Waals surface area contributed by atoms with Crippen molar-refractivity contribution in [3.05, 3.63) is 29.3 Å². The number of nitrogens with one attached hydrogen (secondary N) is 1. The van der Waals surface area contributed by atoms with Gasteiger partial charge < -0.3 is 10.1 Å². The van der Waals surface area contributed by atoms with E-state index in [-0.39, 0.29) is 12.5 Å². The van der Waals surface area contributed by atoms with Crippen molar-refractivity contribution in [2.24, 2.45) is 5.92 Å². The number of hydrogen-bond donors (Lipinski definition) is 1. The first kappa shape index (κ1) is 17.8. The van der Waals surface area contributed by atoms with E-state index in [0.29, 0.717) is 5.92 Å². The second-order valence-electron chi connectivity index (χ2n) is 6.61. The highest BCUT2D eigenvalue weighted by molar-refractivity contribution is 5.77. The van der Waals surface area contributed by atoms with E-state index >= 15 is 0 Å². The summed E-state index contributed by atoms with van der Waals surface area (Å²) in [5.41, 5.74) is 2.70. The van der Waals surface area contributed by atoms with Crippen molar-refractivity contribution in [2.45, 2.75) is 65.2 Å². The van der Waals surface area contributed by atoms with Crippen molar-refractivity contribution in [1.82, 2.24) is 5.32 Å². The van der Waals surface area contributed by atoms with Crippen LogP contribution in [-0.4, -0.2) is 19.1 Å². The molecule has 1 aliphatic carbocycles. The van der Waals surface area contributed by atoms with Gasteiger partial charge in [0.2, 0.25) is 0 Å². The smallest absolute Gasteiger partial charge is 0.257 e. The van der Waals surface area contributed by atoms with Crippen LogP contribution in [0.4, 0.5) is 0 Å². The second kappa shape index (κ2) is 9.59. The van der Waals surface area contributed by atoms with E-state index in [0.717, 1.165) is 31.6 Å². The normalized spacial score (nSPS) is 14.9. The lowest BCUT2D eigenvalue weighted by atomic mass is 9.91. The molecule has 3 nitrogen and oxygen atoms in total. The molecule has 1 atom stereocenters. The van der Waals surface area contributed by atoms with Crippen LogP contribution in [0, 0.1) is 5.92 Å². The summed E-state index contributed by atoms with van der Waals surface area (Å²) in [6, 6.07) is 6.21. The van der Waals surface area contributed by atoms with E-state index in [1.54, 1.807) is 0 Å². The summed E-state index contributed by atoms with van der Waals surface area (Å²) in [7, 11) is 0. The lowest BCUT2D eigenvalue weighted by Crippen LogP contribution is -2.33. The molecule has 1 N–H and O–H groups in total. The maximum atomic E-state index is 12.0. The van der Waals surface area contributed by atoms with Crippen LogP contribution < -0.4 is 10.1 Å².